The van der Waals surface area contributed by atoms with E-state index in [0.717, 1.165) is 67.3 Å². The van der Waals surface area contributed by atoms with Crippen molar-refractivity contribution in [3.8, 4) is 5.75 Å². The smallest absolute Gasteiger partial charge is 0.253 e. The highest BCUT2D eigenvalue weighted by molar-refractivity contribution is 6.04. The minimum Gasteiger partial charge on any atom is -0.497 e. The monoisotopic (exact) mass is 461 g/mol. The molecule has 180 valence electrons. The van der Waals surface area contributed by atoms with Crippen LogP contribution >= 0.6 is 0 Å². The molecule has 7 nitrogen and oxygen atoms in total. The van der Waals surface area contributed by atoms with Gasteiger partial charge in [0, 0.05) is 25.2 Å². The van der Waals surface area contributed by atoms with Crippen LogP contribution in [-0.4, -0.2) is 52.1 Å². The molecule has 0 aliphatic carbocycles. The first kappa shape index (κ1) is 22.8. The summed E-state index contributed by atoms with van der Waals surface area (Å²) >= 11 is 0. The van der Waals surface area contributed by atoms with Gasteiger partial charge in [0.15, 0.2) is 5.65 Å². The van der Waals surface area contributed by atoms with Gasteiger partial charge in [0.25, 0.3) is 5.91 Å². The van der Waals surface area contributed by atoms with Crippen molar-refractivity contribution in [1.82, 2.24) is 24.8 Å². The van der Waals surface area contributed by atoms with Crippen molar-refractivity contribution >= 4 is 17.1 Å². The van der Waals surface area contributed by atoms with Crippen molar-refractivity contribution < 1.29 is 9.53 Å². The molecule has 1 saturated heterocycles. The molecule has 0 saturated carbocycles. The SMILES string of the molecule is COc1ccc([C@@H](CNC(=O)c2cc(C)nc3c2nc2n3CCCCC2)N2CCCCC2)cc1. The highest BCUT2D eigenvalue weighted by Gasteiger charge is 2.25. The van der Waals surface area contributed by atoms with Gasteiger partial charge in [0.2, 0.25) is 0 Å². The molecule has 1 fully saturated rings. The number of imidazole rings is 1. The molecular formula is C27H35N5O2. The molecule has 4 heterocycles. The molecule has 1 N–H and O–H groups in total. The number of methoxy groups -OCH3 is 1. The van der Waals surface area contributed by atoms with Crippen LogP contribution in [0.15, 0.2) is 30.3 Å². The van der Waals surface area contributed by atoms with Crippen molar-refractivity contribution in [2.75, 3.05) is 26.7 Å². The minimum atomic E-state index is -0.0701. The maximum Gasteiger partial charge on any atom is 0.253 e. The van der Waals surface area contributed by atoms with E-state index in [0.29, 0.717) is 12.1 Å². The number of nitrogens with one attached hydrogen (secondary N) is 1. The van der Waals surface area contributed by atoms with Gasteiger partial charge in [-0.25, -0.2) is 9.97 Å². The fourth-order valence-corrected chi connectivity index (χ4v) is 5.39. The molecule has 1 atom stereocenters. The summed E-state index contributed by atoms with van der Waals surface area (Å²) < 4.78 is 7.57. The maximum atomic E-state index is 13.5. The van der Waals surface area contributed by atoms with E-state index in [2.05, 4.69) is 26.9 Å². The van der Waals surface area contributed by atoms with Crippen LogP contribution in [0.25, 0.3) is 11.2 Å². The quantitative estimate of drug-likeness (QED) is 0.588. The van der Waals surface area contributed by atoms with Gasteiger partial charge >= 0.3 is 0 Å². The molecule has 1 aromatic carbocycles. The second-order valence-corrected chi connectivity index (χ2v) is 9.57. The van der Waals surface area contributed by atoms with Crippen molar-refractivity contribution in [2.24, 2.45) is 0 Å². The minimum absolute atomic E-state index is 0.0701. The van der Waals surface area contributed by atoms with Gasteiger partial charge in [0.05, 0.1) is 18.7 Å². The van der Waals surface area contributed by atoms with Crippen molar-refractivity contribution in [2.45, 2.75) is 64.5 Å². The van der Waals surface area contributed by atoms with Crippen LogP contribution in [0.3, 0.4) is 0 Å². The number of hydrogen-bond donors (Lipinski definition) is 1. The average Bonchev–Trinajstić information content (AvgIpc) is 3.04. The van der Waals surface area contributed by atoms with Crippen LogP contribution in [-0.2, 0) is 13.0 Å². The van der Waals surface area contributed by atoms with E-state index in [1.807, 2.05) is 25.1 Å². The van der Waals surface area contributed by atoms with Crippen LogP contribution in [0.2, 0.25) is 0 Å². The first-order chi connectivity index (χ1) is 16.6. The summed E-state index contributed by atoms with van der Waals surface area (Å²) in [5, 5.41) is 3.25. The number of fused-ring (bicyclic) bond motifs is 3. The number of rotatable bonds is 6. The number of hydrogen-bond acceptors (Lipinski definition) is 5. The molecule has 0 spiro atoms. The molecule has 0 radical (unpaired) electrons. The second-order valence-electron chi connectivity index (χ2n) is 9.57. The van der Waals surface area contributed by atoms with Crippen LogP contribution < -0.4 is 10.1 Å². The third-order valence-corrected chi connectivity index (χ3v) is 7.23. The fourth-order valence-electron chi connectivity index (χ4n) is 5.39. The van der Waals surface area contributed by atoms with E-state index in [9.17, 15) is 4.79 Å². The zero-order valence-corrected chi connectivity index (χ0v) is 20.3. The van der Waals surface area contributed by atoms with Crippen LogP contribution in [0, 0.1) is 6.92 Å². The summed E-state index contributed by atoms with van der Waals surface area (Å²) in [7, 11) is 1.68. The van der Waals surface area contributed by atoms with Crippen LogP contribution in [0.5, 0.6) is 5.75 Å². The lowest BCUT2D eigenvalue weighted by Crippen LogP contribution is -2.40. The molecule has 0 unspecified atom stereocenters. The molecule has 2 aliphatic rings. The van der Waals surface area contributed by atoms with E-state index in [4.69, 9.17) is 14.7 Å². The topological polar surface area (TPSA) is 72.3 Å². The predicted octanol–water partition coefficient (Wildman–Crippen LogP) is 4.43. The number of likely N-dealkylation sites (tertiary alicyclic amines) is 1. The van der Waals surface area contributed by atoms with E-state index in [1.165, 1.54) is 31.2 Å². The standard InChI is InChI=1S/C27H35N5O2/c1-19-17-22(25-26(29-19)32-16-8-3-5-9-24(32)30-25)27(33)28-18-23(31-14-6-4-7-15-31)20-10-12-21(34-2)13-11-20/h10-13,17,23H,3-9,14-16,18H2,1-2H3,(H,28,33)/t23-/m1/s1. The summed E-state index contributed by atoms with van der Waals surface area (Å²) in [4.78, 5) is 25.6. The molecule has 5 rings (SSSR count). The Morgan fingerprint density at radius 3 is 2.53 bits per heavy atom. The Balaban J connectivity index is 1.40. The number of carbonyl (C=O) groups excluding carboxylic acids is 1. The predicted molar refractivity (Wildman–Crippen MR) is 133 cm³/mol. The van der Waals surface area contributed by atoms with Gasteiger partial charge in [-0.05, 0) is 69.5 Å². The highest BCUT2D eigenvalue weighted by atomic mass is 16.5. The Hall–Kier alpha value is -2.93. The van der Waals surface area contributed by atoms with Crippen LogP contribution in [0.4, 0.5) is 0 Å². The third-order valence-electron chi connectivity index (χ3n) is 7.23. The summed E-state index contributed by atoms with van der Waals surface area (Å²) in [6.45, 7) is 5.55. The van der Waals surface area contributed by atoms with Gasteiger partial charge in [-0.15, -0.1) is 0 Å². The summed E-state index contributed by atoms with van der Waals surface area (Å²) in [5.41, 5.74) is 4.28. The number of nitrogens with zero attached hydrogens (tertiary/aromatic N) is 4. The molecule has 2 aliphatic heterocycles. The number of amides is 1. The van der Waals surface area contributed by atoms with Gasteiger partial charge in [-0.3, -0.25) is 9.69 Å². The van der Waals surface area contributed by atoms with E-state index in [-0.39, 0.29) is 11.9 Å². The lowest BCUT2D eigenvalue weighted by Gasteiger charge is -2.35. The van der Waals surface area contributed by atoms with Crippen LogP contribution in [0.1, 0.15) is 72.0 Å². The first-order valence-corrected chi connectivity index (χ1v) is 12.7. The van der Waals surface area contributed by atoms with Gasteiger partial charge < -0.3 is 14.6 Å². The van der Waals surface area contributed by atoms with Gasteiger partial charge in [-0.2, -0.15) is 0 Å². The van der Waals surface area contributed by atoms with E-state index in [1.54, 1.807) is 7.11 Å². The third kappa shape index (κ3) is 4.67. The van der Waals surface area contributed by atoms with E-state index >= 15 is 0 Å². The lowest BCUT2D eigenvalue weighted by molar-refractivity contribution is 0.0925. The number of carbonyl (C=O) groups is 1. The molecular weight excluding hydrogens is 426 g/mol. The molecule has 1 amide bonds. The summed E-state index contributed by atoms with van der Waals surface area (Å²) in [6, 6.07) is 10.3. The molecule has 2 aromatic heterocycles. The Kier molecular flexibility index (Phi) is 6.81. The number of aryl methyl sites for hydroxylation is 3. The first-order valence-electron chi connectivity index (χ1n) is 12.7. The lowest BCUT2D eigenvalue weighted by atomic mass is 10.0. The Bertz CT molecular complexity index is 1150. The molecule has 0 bridgehead atoms. The van der Waals surface area contributed by atoms with Gasteiger partial charge in [0.1, 0.15) is 17.1 Å². The zero-order valence-electron chi connectivity index (χ0n) is 20.3. The second kappa shape index (κ2) is 10.1. The molecule has 34 heavy (non-hydrogen) atoms. The number of benzene rings is 1. The Morgan fingerprint density at radius 2 is 1.76 bits per heavy atom. The summed E-state index contributed by atoms with van der Waals surface area (Å²) in [5.74, 6) is 1.84. The normalized spacial score (nSPS) is 17.7. The molecule has 7 heteroatoms. The fraction of sp³-hybridized carbons (Fsp3) is 0.519. The number of ether oxygens (including phenoxy) is 1. The number of pyridine rings is 1. The maximum absolute atomic E-state index is 13.5. The largest absolute Gasteiger partial charge is 0.497 e. The van der Waals surface area contributed by atoms with Crippen molar-refractivity contribution in [3.05, 3.63) is 53.0 Å². The Morgan fingerprint density at radius 1 is 1.03 bits per heavy atom. The van der Waals surface area contributed by atoms with Crippen molar-refractivity contribution in [3.63, 3.8) is 0 Å². The number of aromatic nitrogens is 3. The van der Waals surface area contributed by atoms with Crippen molar-refractivity contribution in [1.29, 1.82) is 0 Å². The van der Waals surface area contributed by atoms with Gasteiger partial charge in [-0.1, -0.05) is 25.0 Å². The molecule has 3 aromatic rings. The average molecular weight is 462 g/mol. The van der Waals surface area contributed by atoms with E-state index < -0.39 is 0 Å². The Labute approximate surface area is 201 Å². The zero-order chi connectivity index (χ0) is 23.5. The highest BCUT2D eigenvalue weighted by Crippen LogP contribution is 2.27. The summed E-state index contributed by atoms with van der Waals surface area (Å²) in [6.07, 6.45) is 8.11. The number of piperidine rings is 1.